The van der Waals surface area contributed by atoms with Gasteiger partial charge in [-0.15, -0.1) is 0 Å². The van der Waals surface area contributed by atoms with E-state index in [0.29, 0.717) is 0 Å². The van der Waals surface area contributed by atoms with Gasteiger partial charge in [0.05, 0.1) is 22.1 Å². The van der Waals surface area contributed by atoms with E-state index in [1.807, 2.05) is 6.20 Å². The number of rotatable bonds is 2. The molecule has 3 aromatic heterocycles. The number of benzene rings is 4. The number of hydrogen-bond acceptors (Lipinski definition) is 1. The number of fused-ring (bicyclic) bond motifs is 7. The van der Waals surface area contributed by atoms with Crippen molar-refractivity contribution in [3.05, 3.63) is 83.6 Å². The Bertz CT molecular complexity index is 2040. The van der Waals surface area contributed by atoms with Crippen LogP contribution in [0.3, 0.4) is 0 Å². The summed E-state index contributed by atoms with van der Waals surface area (Å²) >= 11 is 0. The molecule has 0 spiro atoms. The van der Waals surface area contributed by atoms with Gasteiger partial charge >= 0.3 is 0 Å². The summed E-state index contributed by atoms with van der Waals surface area (Å²) in [6.45, 7) is 16.2. The molecule has 2 heteroatoms. The van der Waals surface area contributed by atoms with Crippen LogP contribution >= 0.6 is 0 Å². The molecule has 0 aliphatic heterocycles. The van der Waals surface area contributed by atoms with Crippen molar-refractivity contribution in [3.8, 4) is 0 Å². The molecule has 7 rings (SSSR count). The zero-order valence-corrected chi connectivity index (χ0v) is 23.7. The fraction of sp³-hybridized carbons (Fsp3) is 0.306. The second-order valence-corrected chi connectivity index (χ2v) is 13.8. The van der Waals surface area contributed by atoms with E-state index in [0.717, 1.165) is 18.4 Å². The number of nitrogens with zero attached hydrogens (tertiary/aromatic N) is 2. The van der Waals surface area contributed by atoms with Gasteiger partial charge < -0.3 is 4.40 Å². The molecule has 4 aromatic carbocycles. The second-order valence-electron chi connectivity index (χ2n) is 13.8. The Balaban J connectivity index is 1.68. The fourth-order valence-corrected chi connectivity index (χ4v) is 6.79. The minimum absolute atomic E-state index is 0.236. The molecule has 0 radical (unpaired) electrons. The van der Waals surface area contributed by atoms with E-state index in [2.05, 4.69) is 114 Å². The quantitative estimate of drug-likeness (QED) is 0.172. The van der Waals surface area contributed by atoms with Crippen LogP contribution in [0.5, 0.6) is 0 Å². The van der Waals surface area contributed by atoms with E-state index >= 15 is 0 Å². The third-order valence-corrected chi connectivity index (χ3v) is 8.10. The Morgan fingerprint density at radius 2 is 1.29 bits per heavy atom. The highest BCUT2D eigenvalue weighted by Gasteiger charge is 2.22. The van der Waals surface area contributed by atoms with E-state index < -0.39 is 0 Å². The first-order valence-electron chi connectivity index (χ1n) is 13.9. The standard InChI is InChI=1S/C36H36N2/c1-21-26-11-8-22(19-35(2,3)4)16-25(26)18-29-32-31-24(14-15-37-32)10-13-28-27-12-9-23(20-36(5,6)7)17-30(27)38(33(21)29)34(28)31/h8-18H,19-20H2,1-7H3. The normalized spacial score (nSPS) is 13.3. The van der Waals surface area contributed by atoms with Gasteiger partial charge in [0.15, 0.2) is 0 Å². The van der Waals surface area contributed by atoms with Crippen molar-refractivity contribution in [1.82, 2.24) is 9.38 Å². The van der Waals surface area contributed by atoms with E-state index in [1.165, 1.54) is 70.9 Å². The van der Waals surface area contributed by atoms with Crippen molar-refractivity contribution in [2.24, 2.45) is 10.8 Å². The van der Waals surface area contributed by atoms with Crippen LogP contribution in [0.25, 0.3) is 59.8 Å². The lowest BCUT2D eigenvalue weighted by molar-refractivity contribution is 0.411. The molecule has 0 fully saturated rings. The monoisotopic (exact) mass is 496 g/mol. The van der Waals surface area contributed by atoms with Gasteiger partial charge in [0.1, 0.15) is 0 Å². The number of aromatic nitrogens is 2. The number of hydrogen-bond donors (Lipinski definition) is 0. The minimum Gasteiger partial charge on any atom is -0.308 e. The molecule has 0 saturated heterocycles. The fourth-order valence-electron chi connectivity index (χ4n) is 6.79. The van der Waals surface area contributed by atoms with Crippen LogP contribution in [-0.2, 0) is 12.8 Å². The maximum Gasteiger partial charge on any atom is 0.0823 e. The molecule has 2 nitrogen and oxygen atoms in total. The molecule has 3 heterocycles. The van der Waals surface area contributed by atoms with E-state index in [9.17, 15) is 0 Å². The molecule has 0 atom stereocenters. The first kappa shape index (κ1) is 23.5. The molecule has 0 unspecified atom stereocenters. The van der Waals surface area contributed by atoms with E-state index in [4.69, 9.17) is 4.98 Å². The molecular weight excluding hydrogens is 460 g/mol. The van der Waals surface area contributed by atoms with Crippen LogP contribution in [0.2, 0.25) is 0 Å². The predicted octanol–water partition coefficient (Wildman–Crippen LogP) is 10.0. The average Bonchev–Trinajstić information content (AvgIpc) is 3.15. The van der Waals surface area contributed by atoms with Crippen LogP contribution in [0.1, 0.15) is 58.2 Å². The van der Waals surface area contributed by atoms with Gasteiger partial charge in [0.25, 0.3) is 0 Å². The summed E-state index contributed by atoms with van der Waals surface area (Å²) in [4.78, 5) is 5.01. The Morgan fingerprint density at radius 1 is 0.632 bits per heavy atom. The second kappa shape index (κ2) is 7.69. The molecule has 0 aliphatic carbocycles. The molecule has 0 saturated carbocycles. The SMILES string of the molecule is Cc1c2ccc(CC(C)(C)C)cc2cc2c3nccc4ccc5c6ccc(CC(C)(C)C)cc6n(c12)c5c43. The number of aryl methyl sites for hydroxylation is 1. The third-order valence-electron chi connectivity index (χ3n) is 8.10. The summed E-state index contributed by atoms with van der Waals surface area (Å²) in [7, 11) is 0. The van der Waals surface area contributed by atoms with Gasteiger partial charge in [-0.05, 0) is 81.6 Å². The summed E-state index contributed by atoms with van der Waals surface area (Å²) in [5.74, 6) is 0. The van der Waals surface area contributed by atoms with Crippen molar-refractivity contribution in [3.63, 3.8) is 0 Å². The lowest BCUT2D eigenvalue weighted by Crippen LogP contribution is -2.09. The Kier molecular flexibility index (Phi) is 4.75. The zero-order chi connectivity index (χ0) is 26.6. The summed E-state index contributed by atoms with van der Waals surface area (Å²) in [5.41, 5.74) is 9.60. The van der Waals surface area contributed by atoms with Crippen molar-refractivity contribution < 1.29 is 0 Å². The summed E-state index contributed by atoms with van der Waals surface area (Å²) in [6, 6.07) is 23.3. The third kappa shape index (κ3) is 3.50. The lowest BCUT2D eigenvalue weighted by Gasteiger charge is -2.20. The first-order chi connectivity index (χ1) is 18.0. The van der Waals surface area contributed by atoms with Crippen LogP contribution in [0, 0.1) is 17.8 Å². The Labute approximate surface area is 224 Å². The van der Waals surface area contributed by atoms with Gasteiger partial charge in [-0.3, -0.25) is 4.98 Å². The Hall–Kier alpha value is -3.65. The minimum atomic E-state index is 0.236. The molecular formula is C36H36N2. The zero-order valence-electron chi connectivity index (χ0n) is 23.7. The molecule has 7 aromatic rings. The largest absolute Gasteiger partial charge is 0.308 e. The molecule has 190 valence electrons. The molecule has 0 aliphatic rings. The predicted molar refractivity (Wildman–Crippen MR) is 165 cm³/mol. The first-order valence-corrected chi connectivity index (χ1v) is 13.9. The maximum absolute atomic E-state index is 5.01. The highest BCUT2D eigenvalue weighted by atomic mass is 14.9. The van der Waals surface area contributed by atoms with Crippen molar-refractivity contribution >= 4 is 59.8 Å². The van der Waals surface area contributed by atoms with Gasteiger partial charge in [0, 0.05) is 27.7 Å². The van der Waals surface area contributed by atoms with Gasteiger partial charge in [0.2, 0.25) is 0 Å². The smallest absolute Gasteiger partial charge is 0.0823 e. The van der Waals surface area contributed by atoms with Crippen molar-refractivity contribution in [1.29, 1.82) is 0 Å². The van der Waals surface area contributed by atoms with Crippen LogP contribution in [0.4, 0.5) is 0 Å². The lowest BCUT2D eigenvalue weighted by atomic mass is 9.87. The highest BCUT2D eigenvalue weighted by molar-refractivity contribution is 6.28. The molecule has 0 N–H and O–H groups in total. The van der Waals surface area contributed by atoms with Crippen LogP contribution in [0.15, 0.2) is 66.9 Å². The average molecular weight is 497 g/mol. The van der Waals surface area contributed by atoms with Gasteiger partial charge in [-0.1, -0.05) is 84.0 Å². The molecule has 0 amide bonds. The Morgan fingerprint density at radius 3 is 2.00 bits per heavy atom. The summed E-state index contributed by atoms with van der Waals surface area (Å²) in [6.07, 6.45) is 4.09. The van der Waals surface area contributed by atoms with Crippen LogP contribution < -0.4 is 0 Å². The molecule has 0 bridgehead atoms. The summed E-state index contributed by atoms with van der Waals surface area (Å²) in [5, 5.41) is 9.04. The van der Waals surface area contributed by atoms with E-state index in [-0.39, 0.29) is 10.8 Å². The topological polar surface area (TPSA) is 17.3 Å². The van der Waals surface area contributed by atoms with E-state index in [1.54, 1.807) is 0 Å². The maximum atomic E-state index is 5.01. The van der Waals surface area contributed by atoms with Crippen LogP contribution in [-0.4, -0.2) is 9.38 Å². The van der Waals surface area contributed by atoms with Gasteiger partial charge in [-0.25, -0.2) is 0 Å². The van der Waals surface area contributed by atoms with Gasteiger partial charge in [-0.2, -0.15) is 0 Å². The number of pyridine rings is 2. The highest BCUT2D eigenvalue weighted by Crippen LogP contribution is 2.43. The molecule has 38 heavy (non-hydrogen) atoms. The van der Waals surface area contributed by atoms with Crippen molar-refractivity contribution in [2.45, 2.75) is 61.3 Å². The van der Waals surface area contributed by atoms with Crippen molar-refractivity contribution in [2.75, 3.05) is 0 Å². The summed E-state index contributed by atoms with van der Waals surface area (Å²) < 4.78 is 2.56.